The van der Waals surface area contributed by atoms with E-state index in [1.807, 2.05) is 0 Å². The summed E-state index contributed by atoms with van der Waals surface area (Å²) in [4.78, 5) is 10.8. The molecular weight excluding hydrogens is 532 g/mol. The number of benzene rings is 3. The minimum atomic E-state index is -0.745. The fourth-order valence-corrected chi connectivity index (χ4v) is 6.62. The molecule has 2 heterocycles. The van der Waals surface area contributed by atoms with E-state index in [2.05, 4.69) is 142 Å². The highest BCUT2D eigenvalue weighted by atomic mass is 16.5. The number of ether oxygens (including phenoxy) is 1. The van der Waals surface area contributed by atoms with E-state index in [1.54, 1.807) is 0 Å². The molecule has 3 aromatic carbocycles. The molecule has 0 amide bonds. The topological polar surface area (TPSA) is 52.6 Å². The second-order valence-corrected chi connectivity index (χ2v) is 12.7. The van der Waals surface area contributed by atoms with Crippen LogP contribution in [0.3, 0.4) is 0 Å². The number of allylic oxidation sites excluding steroid dienone is 2. The van der Waals surface area contributed by atoms with Crippen molar-refractivity contribution in [2.75, 3.05) is 20.7 Å². The van der Waals surface area contributed by atoms with Crippen LogP contribution < -0.4 is 4.74 Å². The number of carboxylic acid groups (broad SMARTS) is 1. The number of aliphatic carboxylic acids is 1. The summed E-state index contributed by atoms with van der Waals surface area (Å²) in [6.07, 6.45) is 11.4. The van der Waals surface area contributed by atoms with Crippen LogP contribution in [0.1, 0.15) is 75.6 Å². The van der Waals surface area contributed by atoms with Gasteiger partial charge in [0.1, 0.15) is 19.8 Å². The van der Waals surface area contributed by atoms with Crippen molar-refractivity contribution >= 4 is 40.9 Å². The van der Waals surface area contributed by atoms with Gasteiger partial charge in [0.2, 0.25) is 11.4 Å². The monoisotopic (exact) mass is 576 g/mol. The quantitative estimate of drug-likeness (QED) is 0.185. The van der Waals surface area contributed by atoms with Gasteiger partial charge in [-0.1, -0.05) is 42.5 Å². The van der Waals surface area contributed by atoms with Crippen LogP contribution in [-0.4, -0.2) is 52.4 Å². The lowest BCUT2D eigenvalue weighted by molar-refractivity contribution is -0.401. The molecule has 0 saturated heterocycles. The van der Waals surface area contributed by atoms with Crippen molar-refractivity contribution in [3.63, 3.8) is 0 Å². The Hall–Kier alpha value is -4.25. The van der Waals surface area contributed by atoms with Gasteiger partial charge in [-0.3, -0.25) is 4.79 Å². The largest absolute Gasteiger partial charge is 0.493 e. The number of fused-ring (bicyclic) bond motifs is 2. The number of nitrogens with zero attached hydrogens (tertiary/aromatic N) is 2. The molecule has 1 N–H and O–H groups in total. The van der Waals surface area contributed by atoms with E-state index in [1.165, 1.54) is 33.9 Å². The molecule has 0 fully saturated rings. The third-order valence-corrected chi connectivity index (χ3v) is 9.06. The Kier molecular flexibility index (Phi) is 8.55. The maximum atomic E-state index is 10.8. The number of carboxylic acids is 1. The highest BCUT2D eigenvalue weighted by Crippen LogP contribution is 2.40. The number of carbonyl (C=O) groups is 1. The smallest absolute Gasteiger partial charge is 0.303 e. The van der Waals surface area contributed by atoms with Gasteiger partial charge in [0.15, 0.2) is 11.4 Å². The number of para-hydroxylation sites is 2. The van der Waals surface area contributed by atoms with Crippen molar-refractivity contribution in [2.45, 2.75) is 64.2 Å². The van der Waals surface area contributed by atoms with Gasteiger partial charge < -0.3 is 9.84 Å². The molecule has 0 unspecified atom stereocenters. The average Bonchev–Trinajstić information content (AvgIpc) is 3.30. The molecule has 0 saturated carbocycles. The lowest BCUT2D eigenvalue weighted by Gasteiger charge is -2.16. The Morgan fingerprint density at radius 1 is 0.744 bits per heavy atom. The van der Waals surface area contributed by atoms with Gasteiger partial charge in [-0.2, -0.15) is 9.15 Å². The van der Waals surface area contributed by atoms with Crippen LogP contribution in [0, 0.1) is 0 Å². The molecule has 5 nitrogen and oxygen atoms in total. The Labute approximate surface area is 256 Å². The first-order chi connectivity index (χ1) is 20.5. The van der Waals surface area contributed by atoms with E-state index in [9.17, 15) is 4.79 Å². The van der Waals surface area contributed by atoms with Crippen molar-refractivity contribution in [1.82, 2.24) is 0 Å². The second kappa shape index (κ2) is 12.2. The van der Waals surface area contributed by atoms with E-state index < -0.39 is 5.97 Å². The molecule has 2 aliphatic heterocycles. The summed E-state index contributed by atoms with van der Waals surface area (Å²) in [5, 5.41) is 8.92. The SMILES string of the molecule is C[N+]1=C(/C=C/c2ccc(OCCCCCC(=O)O)c(/C=C/C3=[N+](C)c4ccccc4C3(C)C)c2)C(C)(C)c2ccccc21. The van der Waals surface area contributed by atoms with Crippen LogP contribution in [0.2, 0.25) is 0 Å². The lowest BCUT2D eigenvalue weighted by atomic mass is 9.81. The molecule has 0 aliphatic carbocycles. The van der Waals surface area contributed by atoms with E-state index in [-0.39, 0.29) is 17.3 Å². The standard InChI is InChI=1S/C38H43N2O3/c1-37(2)29-14-9-11-16-31(29)39(5)34(37)23-20-27-19-22-33(43-25-13-7-8-18-36(41)42)28(26-27)21-24-35-38(3,4)30-15-10-12-17-32(30)40(35)6/h9-12,14-17,19-24,26H,7-8,13,18,25H2,1-6H3/q+1/p+1/b23-20+,24-21+. The molecule has 0 aromatic heterocycles. The minimum absolute atomic E-state index is 0.0848. The fourth-order valence-electron chi connectivity index (χ4n) is 6.62. The molecule has 222 valence electrons. The van der Waals surface area contributed by atoms with Gasteiger partial charge in [0, 0.05) is 47.4 Å². The molecule has 0 atom stereocenters. The van der Waals surface area contributed by atoms with Crippen LogP contribution in [-0.2, 0) is 15.6 Å². The average molecular weight is 577 g/mol. The summed E-state index contributed by atoms with van der Waals surface area (Å²) >= 11 is 0. The minimum Gasteiger partial charge on any atom is -0.493 e. The van der Waals surface area contributed by atoms with Crippen LogP contribution in [0.25, 0.3) is 12.2 Å². The van der Waals surface area contributed by atoms with Gasteiger partial charge >= 0.3 is 5.97 Å². The molecule has 0 radical (unpaired) electrons. The van der Waals surface area contributed by atoms with Crippen LogP contribution >= 0.6 is 0 Å². The summed E-state index contributed by atoms with van der Waals surface area (Å²) in [6, 6.07) is 23.6. The summed E-state index contributed by atoms with van der Waals surface area (Å²) in [5.41, 5.74) is 9.58. The zero-order chi connectivity index (χ0) is 30.8. The van der Waals surface area contributed by atoms with Crippen molar-refractivity contribution in [3.8, 4) is 5.75 Å². The molecule has 5 rings (SSSR count). The summed E-state index contributed by atoms with van der Waals surface area (Å²) in [5.74, 6) is 0.0900. The summed E-state index contributed by atoms with van der Waals surface area (Å²) < 4.78 is 10.8. The summed E-state index contributed by atoms with van der Waals surface area (Å²) in [7, 11) is 4.28. The highest BCUT2D eigenvalue weighted by Gasteiger charge is 2.43. The van der Waals surface area contributed by atoms with Gasteiger partial charge in [-0.05, 0) is 76.8 Å². The summed E-state index contributed by atoms with van der Waals surface area (Å²) in [6.45, 7) is 9.67. The molecule has 0 bridgehead atoms. The third kappa shape index (κ3) is 5.99. The molecule has 0 spiro atoms. The van der Waals surface area contributed by atoms with Crippen molar-refractivity contribution in [1.29, 1.82) is 0 Å². The van der Waals surface area contributed by atoms with Crippen molar-refractivity contribution in [3.05, 3.63) is 101 Å². The van der Waals surface area contributed by atoms with Crippen LogP contribution in [0.5, 0.6) is 5.75 Å². The first-order valence-electron chi connectivity index (χ1n) is 15.3. The molecule has 43 heavy (non-hydrogen) atoms. The van der Waals surface area contributed by atoms with E-state index in [0.717, 1.165) is 29.7 Å². The van der Waals surface area contributed by atoms with Crippen molar-refractivity contribution < 1.29 is 23.8 Å². The number of hydrogen-bond acceptors (Lipinski definition) is 2. The maximum absolute atomic E-state index is 10.8. The molecule has 2 aliphatic rings. The van der Waals surface area contributed by atoms with E-state index >= 15 is 0 Å². The Morgan fingerprint density at radius 2 is 1.30 bits per heavy atom. The molecule has 5 heteroatoms. The Bertz CT molecular complexity index is 1670. The normalized spacial score (nSPS) is 16.8. The van der Waals surface area contributed by atoms with E-state index in [4.69, 9.17) is 9.84 Å². The van der Waals surface area contributed by atoms with Crippen molar-refractivity contribution in [2.24, 2.45) is 0 Å². The maximum Gasteiger partial charge on any atom is 0.303 e. The Morgan fingerprint density at radius 3 is 1.86 bits per heavy atom. The number of hydrogen-bond donors (Lipinski definition) is 1. The van der Waals surface area contributed by atoms with Gasteiger partial charge in [-0.25, -0.2) is 0 Å². The Balaban J connectivity index is 1.43. The van der Waals surface area contributed by atoms with Gasteiger partial charge in [-0.15, -0.1) is 0 Å². The van der Waals surface area contributed by atoms with Gasteiger partial charge in [0.25, 0.3) is 0 Å². The van der Waals surface area contributed by atoms with E-state index in [0.29, 0.717) is 13.0 Å². The zero-order valence-electron chi connectivity index (χ0n) is 26.4. The zero-order valence-corrected chi connectivity index (χ0v) is 26.4. The van der Waals surface area contributed by atoms with Crippen LogP contribution in [0.4, 0.5) is 11.4 Å². The third-order valence-electron chi connectivity index (χ3n) is 9.06. The highest BCUT2D eigenvalue weighted by molar-refractivity contribution is 6.06. The fraction of sp³-hybridized carbons (Fsp3) is 0.342. The predicted molar refractivity (Wildman–Crippen MR) is 177 cm³/mol. The predicted octanol–water partition coefficient (Wildman–Crippen LogP) is 8.15. The van der Waals surface area contributed by atoms with Gasteiger partial charge in [0.05, 0.1) is 17.4 Å². The molecule has 3 aromatic rings. The lowest BCUT2D eigenvalue weighted by Crippen LogP contribution is -2.26. The first kappa shape index (κ1) is 30.2. The van der Waals surface area contributed by atoms with Crippen LogP contribution in [0.15, 0.2) is 78.9 Å². The second-order valence-electron chi connectivity index (χ2n) is 12.7. The number of unbranched alkanes of at least 4 members (excludes halogenated alkanes) is 2. The molecular formula is C38H44N2O3+2. The first-order valence-corrected chi connectivity index (χ1v) is 15.3. The number of rotatable bonds is 11.